The third-order valence-corrected chi connectivity index (χ3v) is 10.8. The summed E-state index contributed by atoms with van der Waals surface area (Å²) in [4.78, 5) is 18.4. The molecule has 10 aromatic rings. The SMILES string of the molecule is C1=CC(n2c3ccc(-c4cccc(-c5cccnc5)c4)cc3c3ncccc32)=CC=CC=1n1c2ccc(-c3cccc(-c4cccnc4)c3)cc2c2ncccc21. The van der Waals surface area contributed by atoms with Gasteiger partial charge in [0, 0.05) is 65.2 Å². The van der Waals surface area contributed by atoms with Crippen molar-refractivity contribution < 1.29 is 0 Å². The topological polar surface area (TPSA) is 61.4 Å². The number of hydrogen-bond donors (Lipinski definition) is 0. The van der Waals surface area contributed by atoms with Crippen LogP contribution in [0.1, 0.15) is 0 Å². The van der Waals surface area contributed by atoms with Crippen molar-refractivity contribution in [1.82, 2.24) is 29.1 Å². The molecule has 0 amide bonds. The van der Waals surface area contributed by atoms with Gasteiger partial charge in [-0.1, -0.05) is 72.5 Å². The van der Waals surface area contributed by atoms with E-state index in [1.807, 2.05) is 49.1 Å². The van der Waals surface area contributed by atoms with Gasteiger partial charge in [-0.05, 0) is 118 Å². The number of benzene rings is 4. The first-order chi connectivity index (χ1) is 28.3. The van der Waals surface area contributed by atoms with Crippen LogP contribution in [0.3, 0.4) is 0 Å². The quantitative estimate of drug-likeness (QED) is 0.160. The summed E-state index contributed by atoms with van der Waals surface area (Å²) in [5.41, 5.74) is 20.7. The molecule has 57 heavy (non-hydrogen) atoms. The number of allylic oxidation sites excluding steroid dienone is 5. The van der Waals surface area contributed by atoms with E-state index in [9.17, 15) is 0 Å². The van der Waals surface area contributed by atoms with Crippen LogP contribution in [0.25, 0.3) is 99.8 Å². The van der Waals surface area contributed by atoms with E-state index in [1.165, 1.54) is 0 Å². The highest BCUT2D eigenvalue weighted by Crippen LogP contribution is 2.38. The van der Waals surface area contributed by atoms with E-state index >= 15 is 0 Å². The lowest BCUT2D eigenvalue weighted by Gasteiger charge is -2.09. The highest BCUT2D eigenvalue weighted by Gasteiger charge is 2.18. The van der Waals surface area contributed by atoms with Gasteiger partial charge < -0.3 is 9.13 Å². The summed E-state index contributed by atoms with van der Waals surface area (Å²) in [6.07, 6.45) is 19.6. The van der Waals surface area contributed by atoms with Crippen molar-refractivity contribution in [3.63, 3.8) is 0 Å². The Morgan fingerprint density at radius 1 is 0.421 bits per heavy atom. The molecule has 0 spiro atoms. The van der Waals surface area contributed by atoms with Crippen molar-refractivity contribution in [3.05, 3.63) is 201 Å². The summed E-state index contributed by atoms with van der Waals surface area (Å²) < 4.78 is 4.55. The molecule has 266 valence electrons. The van der Waals surface area contributed by atoms with E-state index in [0.717, 1.165) is 99.8 Å². The average Bonchev–Trinajstić information content (AvgIpc) is 3.68. The van der Waals surface area contributed by atoms with E-state index < -0.39 is 0 Å². The molecule has 6 heterocycles. The van der Waals surface area contributed by atoms with Gasteiger partial charge in [0.05, 0.1) is 44.5 Å². The smallest absolute Gasteiger partial charge is 0.0963 e. The monoisotopic (exact) mass is 728 g/mol. The molecule has 0 unspecified atom stereocenters. The van der Waals surface area contributed by atoms with E-state index in [1.54, 1.807) is 12.4 Å². The van der Waals surface area contributed by atoms with Crippen molar-refractivity contribution in [2.75, 3.05) is 0 Å². The molecule has 0 saturated carbocycles. The maximum atomic E-state index is 4.89. The number of aromatic nitrogens is 6. The Morgan fingerprint density at radius 2 is 0.912 bits per heavy atom. The van der Waals surface area contributed by atoms with Crippen molar-refractivity contribution in [1.29, 1.82) is 0 Å². The lowest BCUT2D eigenvalue weighted by atomic mass is 9.99. The number of fused-ring (bicyclic) bond motifs is 6. The van der Waals surface area contributed by atoms with Gasteiger partial charge in [0.2, 0.25) is 0 Å². The van der Waals surface area contributed by atoms with Gasteiger partial charge in [0.1, 0.15) is 0 Å². The Balaban J connectivity index is 1.00. The minimum atomic E-state index is 0.926. The lowest BCUT2D eigenvalue weighted by Crippen LogP contribution is -1.94. The Hall–Kier alpha value is -7.92. The standard InChI is InChI=1S/C51H32N6/c1-8-34(28-36(10-1)40-12-4-24-52-32-40)38-18-22-46-44(30-38)50-48(16-6-26-54-50)56(46)42-14-3-15-43(21-20-42)57-47-23-19-39(31-45(47)51-49(57)17-7-27-55-51)35-9-2-11-37(29-35)41-13-5-25-53-33-41/h1-20,22-33H. The molecular weight excluding hydrogens is 697 g/mol. The number of pyridine rings is 4. The minimum Gasteiger partial charge on any atom is -0.307 e. The van der Waals surface area contributed by atoms with Crippen LogP contribution in [0.5, 0.6) is 0 Å². The molecule has 6 heteroatoms. The fourth-order valence-corrected chi connectivity index (χ4v) is 8.15. The highest BCUT2D eigenvalue weighted by molar-refractivity contribution is 6.11. The lowest BCUT2D eigenvalue weighted by molar-refractivity contribution is 1.23. The number of nitrogens with zero attached hydrogens (tertiary/aromatic N) is 6. The van der Waals surface area contributed by atoms with Crippen molar-refractivity contribution >= 4 is 55.3 Å². The van der Waals surface area contributed by atoms with Crippen molar-refractivity contribution in [2.45, 2.75) is 0 Å². The average molecular weight is 729 g/mol. The molecule has 11 rings (SSSR count). The summed E-state index contributed by atoms with van der Waals surface area (Å²) in [6.45, 7) is 0. The van der Waals surface area contributed by atoms with Gasteiger partial charge in [-0.25, -0.2) is 0 Å². The first-order valence-electron chi connectivity index (χ1n) is 18.9. The summed E-state index contributed by atoms with van der Waals surface area (Å²) in [5.74, 6) is 0. The predicted molar refractivity (Wildman–Crippen MR) is 233 cm³/mol. The zero-order valence-corrected chi connectivity index (χ0v) is 30.7. The van der Waals surface area contributed by atoms with Crippen LogP contribution in [0.15, 0.2) is 201 Å². The molecule has 0 atom stereocenters. The molecule has 0 bridgehead atoms. The molecular formula is C51H32N6. The van der Waals surface area contributed by atoms with E-state index in [0.29, 0.717) is 0 Å². The van der Waals surface area contributed by atoms with Crippen LogP contribution in [0.2, 0.25) is 0 Å². The molecule has 1 aliphatic rings. The van der Waals surface area contributed by atoms with Gasteiger partial charge in [-0.3, -0.25) is 19.9 Å². The Bertz CT molecular complexity index is 3320. The molecule has 0 aliphatic heterocycles. The van der Waals surface area contributed by atoms with Crippen LogP contribution in [0.4, 0.5) is 0 Å². The van der Waals surface area contributed by atoms with Gasteiger partial charge in [-0.15, -0.1) is 0 Å². The van der Waals surface area contributed by atoms with E-state index in [-0.39, 0.29) is 0 Å². The summed E-state index contributed by atoms with van der Waals surface area (Å²) >= 11 is 0. The van der Waals surface area contributed by atoms with Gasteiger partial charge in [0.15, 0.2) is 0 Å². The zero-order valence-electron chi connectivity index (χ0n) is 30.7. The third-order valence-electron chi connectivity index (χ3n) is 10.8. The summed E-state index contributed by atoms with van der Waals surface area (Å²) in [7, 11) is 0. The van der Waals surface area contributed by atoms with Gasteiger partial charge in [-0.2, -0.15) is 0 Å². The Morgan fingerprint density at radius 3 is 1.47 bits per heavy atom. The fraction of sp³-hybridized carbons (Fsp3) is 0. The molecule has 0 saturated heterocycles. The fourth-order valence-electron chi connectivity index (χ4n) is 8.15. The molecule has 0 fully saturated rings. The maximum absolute atomic E-state index is 4.89. The second-order valence-corrected chi connectivity index (χ2v) is 14.1. The van der Waals surface area contributed by atoms with Crippen LogP contribution < -0.4 is 0 Å². The number of rotatable bonds is 6. The van der Waals surface area contributed by atoms with E-state index in [4.69, 9.17) is 9.97 Å². The number of hydrogen-bond acceptors (Lipinski definition) is 4. The summed E-state index contributed by atoms with van der Waals surface area (Å²) in [6, 6.07) is 47.0. The van der Waals surface area contributed by atoms with E-state index in [2.05, 4.69) is 158 Å². The highest BCUT2D eigenvalue weighted by atomic mass is 15.0. The van der Waals surface area contributed by atoms with Crippen molar-refractivity contribution in [3.8, 4) is 44.5 Å². The third kappa shape index (κ3) is 5.60. The zero-order chi connectivity index (χ0) is 37.7. The molecule has 0 N–H and O–H groups in total. The van der Waals surface area contributed by atoms with Gasteiger partial charge in [0.25, 0.3) is 0 Å². The Kier molecular flexibility index (Phi) is 7.66. The maximum Gasteiger partial charge on any atom is 0.0963 e. The minimum absolute atomic E-state index is 0.926. The van der Waals surface area contributed by atoms with Crippen LogP contribution in [-0.2, 0) is 0 Å². The molecule has 0 radical (unpaired) electrons. The van der Waals surface area contributed by atoms with Crippen LogP contribution in [0, 0.1) is 0 Å². The molecule has 6 aromatic heterocycles. The first kappa shape index (κ1) is 32.5. The normalized spacial score (nSPS) is 12.7. The second kappa shape index (κ2) is 13.4. The summed E-state index contributed by atoms with van der Waals surface area (Å²) in [5, 5.41) is 2.18. The predicted octanol–water partition coefficient (Wildman–Crippen LogP) is 12.3. The van der Waals surface area contributed by atoms with Gasteiger partial charge >= 0.3 is 0 Å². The Labute approximate surface area is 328 Å². The molecule has 1 aliphatic carbocycles. The largest absolute Gasteiger partial charge is 0.307 e. The second-order valence-electron chi connectivity index (χ2n) is 14.1. The molecule has 4 aromatic carbocycles. The molecule has 6 nitrogen and oxygen atoms in total. The van der Waals surface area contributed by atoms with Crippen LogP contribution in [-0.4, -0.2) is 29.1 Å². The van der Waals surface area contributed by atoms with Crippen molar-refractivity contribution in [2.24, 2.45) is 0 Å². The van der Waals surface area contributed by atoms with Crippen LogP contribution >= 0.6 is 0 Å². The first-order valence-corrected chi connectivity index (χ1v) is 18.9.